The lowest BCUT2D eigenvalue weighted by Gasteiger charge is -2.18. The fraction of sp³-hybridized carbons (Fsp3) is 0.308. The number of nitrogens with zero attached hydrogens (tertiary/aromatic N) is 1. The molecule has 0 spiro atoms. The second-order valence-corrected chi connectivity index (χ2v) is 6.20. The molecular formula is C13H14N2O5S. The van der Waals surface area contributed by atoms with Crippen molar-refractivity contribution in [1.29, 1.82) is 0 Å². The highest BCUT2D eigenvalue weighted by Crippen LogP contribution is 2.32. The van der Waals surface area contributed by atoms with Crippen LogP contribution in [-0.2, 0) is 16.4 Å². The standard InChI is InChI=1S/C13H14N2O5S/c16-21(17,15-4-3-10-8-18-9-14-10)11-1-2-12-13(7-11)20-6-5-19-12/h1-2,7-9,15H,3-6H2. The molecule has 1 N–H and O–H groups in total. The van der Waals surface area contributed by atoms with E-state index in [0.717, 1.165) is 0 Å². The van der Waals surface area contributed by atoms with Gasteiger partial charge in [-0.25, -0.2) is 18.1 Å². The normalized spacial score (nSPS) is 14.1. The van der Waals surface area contributed by atoms with Gasteiger partial charge in [0.15, 0.2) is 17.9 Å². The van der Waals surface area contributed by atoms with Gasteiger partial charge < -0.3 is 13.9 Å². The molecule has 0 atom stereocenters. The van der Waals surface area contributed by atoms with E-state index in [1.54, 1.807) is 6.07 Å². The smallest absolute Gasteiger partial charge is 0.240 e. The molecule has 0 fully saturated rings. The molecule has 0 unspecified atom stereocenters. The van der Waals surface area contributed by atoms with Gasteiger partial charge in [0.2, 0.25) is 10.0 Å². The Bertz CT molecular complexity index is 712. The van der Waals surface area contributed by atoms with Crippen LogP contribution in [0.1, 0.15) is 5.69 Å². The molecule has 1 aromatic carbocycles. The van der Waals surface area contributed by atoms with Gasteiger partial charge in [0.25, 0.3) is 0 Å². The Balaban J connectivity index is 1.69. The van der Waals surface area contributed by atoms with E-state index in [9.17, 15) is 8.42 Å². The Morgan fingerprint density at radius 3 is 2.76 bits per heavy atom. The number of hydrogen-bond acceptors (Lipinski definition) is 6. The first kappa shape index (κ1) is 13.9. The van der Waals surface area contributed by atoms with Gasteiger partial charge in [-0.05, 0) is 12.1 Å². The van der Waals surface area contributed by atoms with Crippen LogP contribution in [0.4, 0.5) is 0 Å². The van der Waals surface area contributed by atoms with Crippen molar-refractivity contribution in [2.75, 3.05) is 19.8 Å². The van der Waals surface area contributed by atoms with E-state index in [1.807, 2.05) is 0 Å². The van der Waals surface area contributed by atoms with Crippen molar-refractivity contribution in [3.63, 3.8) is 0 Å². The predicted molar refractivity (Wildman–Crippen MR) is 72.8 cm³/mol. The summed E-state index contributed by atoms with van der Waals surface area (Å²) in [5, 5.41) is 0. The number of ether oxygens (including phenoxy) is 2. The van der Waals surface area contributed by atoms with Crippen molar-refractivity contribution < 1.29 is 22.3 Å². The van der Waals surface area contributed by atoms with Crippen LogP contribution in [0.25, 0.3) is 0 Å². The molecule has 112 valence electrons. The highest BCUT2D eigenvalue weighted by atomic mass is 32.2. The van der Waals surface area contributed by atoms with Crippen molar-refractivity contribution in [1.82, 2.24) is 9.71 Å². The molecule has 0 saturated carbocycles. The molecule has 0 radical (unpaired) electrons. The third-order valence-corrected chi connectivity index (χ3v) is 4.44. The van der Waals surface area contributed by atoms with Gasteiger partial charge >= 0.3 is 0 Å². The van der Waals surface area contributed by atoms with E-state index >= 15 is 0 Å². The van der Waals surface area contributed by atoms with Crippen LogP contribution in [0.5, 0.6) is 11.5 Å². The molecule has 0 aliphatic carbocycles. The van der Waals surface area contributed by atoms with E-state index in [4.69, 9.17) is 13.9 Å². The second kappa shape index (κ2) is 5.74. The predicted octanol–water partition coefficient (Wildman–Crippen LogP) is 0.967. The minimum atomic E-state index is -3.59. The van der Waals surface area contributed by atoms with Crippen LogP contribution < -0.4 is 14.2 Å². The van der Waals surface area contributed by atoms with Crippen molar-refractivity contribution in [3.8, 4) is 11.5 Å². The SMILES string of the molecule is O=S(=O)(NCCc1cocn1)c1ccc2c(c1)OCCO2. The minimum Gasteiger partial charge on any atom is -0.486 e. The number of oxazole rings is 1. The summed E-state index contributed by atoms with van der Waals surface area (Å²) in [7, 11) is -3.59. The maximum atomic E-state index is 12.2. The maximum Gasteiger partial charge on any atom is 0.240 e. The van der Waals surface area contributed by atoms with E-state index < -0.39 is 10.0 Å². The summed E-state index contributed by atoms with van der Waals surface area (Å²) in [4.78, 5) is 4.07. The molecule has 1 aliphatic heterocycles. The first-order valence-electron chi connectivity index (χ1n) is 6.41. The van der Waals surface area contributed by atoms with Crippen molar-refractivity contribution in [3.05, 3.63) is 36.5 Å². The summed E-state index contributed by atoms with van der Waals surface area (Å²) in [6.07, 6.45) is 3.25. The molecular weight excluding hydrogens is 296 g/mol. The van der Waals surface area contributed by atoms with E-state index in [-0.39, 0.29) is 11.4 Å². The average Bonchev–Trinajstić information content (AvgIpc) is 3.00. The molecule has 3 rings (SSSR count). The number of nitrogens with one attached hydrogen (secondary N) is 1. The molecule has 1 aromatic heterocycles. The fourth-order valence-corrected chi connectivity index (χ4v) is 3.00. The van der Waals surface area contributed by atoms with E-state index in [1.165, 1.54) is 24.8 Å². The second-order valence-electron chi connectivity index (χ2n) is 4.43. The highest BCUT2D eigenvalue weighted by Gasteiger charge is 2.19. The number of benzene rings is 1. The van der Waals surface area contributed by atoms with Gasteiger partial charge in [0.1, 0.15) is 19.5 Å². The molecule has 2 aromatic rings. The third-order valence-electron chi connectivity index (χ3n) is 2.98. The zero-order chi connectivity index (χ0) is 14.7. The number of sulfonamides is 1. The first-order chi connectivity index (χ1) is 10.1. The molecule has 7 nitrogen and oxygen atoms in total. The number of hydrogen-bond donors (Lipinski definition) is 1. The lowest BCUT2D eigenvalue weighted by atomic mass is 10.3. The zero-order valence-corrected chi connectivity index (χ0v) is 11.9. The van der Waals surface area contributed by atoms with Crippen molar-refractivity contribution >= 4 is 10.0 Å². The Hall–Kier alpha value is -2.06. The van der Waals surface area contributed by atoms with Crippen LogP contribution >= 0.6 is 0 Å². The van der Waals surface area contributed by atoms with Crippen LogP contribution in [0.3, 0.4) is 0 Å². The Morgan fingerprint density at radius 2 is 2.00 bits per heavy atom. The van der Waals surface area contributed by atoms with Crippen LogP contribution in [0, 0.1) is 0 Å². The molecule has 0 amide bonds. The first-order valence-corrected chi connectivity index (χ1v) is 7.90. The minimum absolute atomic E-state index is 0.145. The molecule has 2 heterocycles. The zero-order valence-electron chi connectivity index (χ0n) is 11.1. The lowest BCUT2D eigenvalue weighted by Crippen LogP contribution is -2.26. The van der Waals surface area contributed by atoms with Crippen LogP contribution in [-0.4, -0.2) is 33.2 Å². The quantitative estimate of drug-likeness (QED) is 0.885. The van der Waals surface area contributed by atoms with Gasteiger partial charge in [0.05, 0.1) is 10.6 Å². The van der Waals surface area contributed by atoms with Crippen LogP contribution in [0.2, 0.25) is 0 Å². The van der Waals surface area contributed by atoms with Gasteiger partial charge in [-0.3, -0.25) is 0 Å². The van der Waals surface area contributed by atoms with Gasteiger partial charge in [-0.2, -0.15) is 0 Å². The summed E-state index contributed by atoms with van der Waals surface area (Å²) < 4.78 is 42.5. The third kappa shape index (κ3) is 3.17. The fourth-order valence-electron chi connectivity index (χ4n) is 1.95. The number of rotatable bonds is 5. The maximum absolute atomic E-state index is 12.2. The Kier molecular flexibility index (Phi) is 3.80. The average molecular weight is 310 g/mol. The van der Waals surface area contributed by atoms with E-state index in [2.05, 4.69) is 9.71 Å². The summed E-state index contributed by atoms with van der Waals surface area (Å²) in [5.41, 5.74) is 0.694. The summed E-state index contributed by atoms with van der Waals surface area (Å²) >= 11 is 0. The Labute approximate surface area is 121 Å². The lowest BCUT2D eigenvalue weighted by molar-refractivity contribution is 0.171. The number of aromatic nitrogens is 1. The molecule has 8 heteroatoms. The summed E-state index contributed by atoms with van der Waals surface area (Å²) in [6.45, 7) is 1.12. The molecule has 1 aliphatic rings. The highest BCUT2D eigenvalue weighted by molar-refractivity contribution is 7.89. The van der Waals surface area contributed by atoms with Gasteiger partial charge in [-0.15, -0.1) is 0 Å². The molecule has 21 heavy (non-hydrogen) atoms. The topological polar surface area (TPSA) is 90.7 Å². The van der Waals surface area contributed by atoms with Crippen molar-refractivity contribution in [2.24, 2.45) is 0 Å². The largest absolute Gasteiger partial charge is 0.486 e. The van der Waals surface area contributed by atoms with Crippen molar-refractivity contribution in [2.45, 2.75) is 11.3 Å². The summed E-state index contributed by atoms with van der Waals surface area (Å²) in [5.74, 6) is 1.00. The van der Waals surface area contributed by atoms with Gasteiger partial charge in [0, 0.05) is 19.0 Å². The monoisotopic (exact) mass is 310 g/mol. The summed E-state index contributed by atoms with van der Waals surface area (Å²) in [6, 6.07) is 4.56. The van der Waals surface area contributed by atoms with E-state index in [0.29, 0.717) is 36.8 Å². The van der Waals surface area contributed by atoms with Crippen LogP contribution in [0.15, 0.2) is 40.2 Å². The Morgan fingerprint density at radius 1 is 1.19 bits per heavy atom. The van der Waals surface area contributed by atoms with Gasteiger partial charge in [-0.1, -0.05) is 0 Å². The number of fused-ring (bicyclic) bond motifs is 1. The molecule has 0 bridgehead atoms. The molecule has 0 saturated heterocycles.